The highest BCUT2D eigenvalue weighted by Gasteiger charge is 2.59. The first-order chi connectivity index (χ1) is 12.1. The standard InChI is InChI=1S/C20H19N3O2/c1-11-7-8-21-18-14(11)3-2-4-15(18)22-10-23-19(24)16-12-5-6-13(9-12)17(16)20(23)25/h2-8,12-13,16-17,22H,9-10H2,1H3. The summed E-state index contributed by atoms with van der Waals surface area (Å²) in [6.45, 7) is 2.25. The third-order valence-corrected chi connectivity index (χ3v) is 5.98. The summed E-state index contributed by atoms with van der Waals surface area (Å²) in [4.78, 5) is 31.3. The fourth-order valence-electron chi connectivity index (χ4n) is 4.74. The number of nitrogens with one attached hydrogen (secondary N) is 1. The quantitative estimate of drug-likeness (QED) is 0.693. The van der Waals surface area contributed by atoms with Gasteiger partial charge in [-0.05, 0) is 42.9 Å². The van der Waals surface area contributed by atoms with Crippen LogP contribution in [0.3, 0.4) is 0 Å². The van der Waals surface area contributed by atoms with E-state index in [0.717, 1.165) is 28.6 Å². The zero-order valence-electron chi connectivity index (χ0n) is 14.0. The number of benzene rings is 1. The van der Waals surface area contributed by atoms with Gasteiger partial charge in [-0.1, -0.05) is 24.3 Å². The van der Waals surface area contributed by atoms with Gasteiger partial charge >= 0.3 is 0 Å². The highest BCUT2D eigenvalue weighted by Crippen LogP contribution is 2.52. The molecule has 1 saturated heterocycles. The molecule has 5 heteroatoms. The maximum absolute atomic E-state index is 12.7. The van der Waals surface area contributed by atoms with Gasteiger partial charge in [-0.3, -0.25) is 19.5 Å². The summed E-state index contributed by atoms with van der Waals surface area (Å²) < 4.78 is 0. The number of hydrogen-bond acceptors (Lipinski definition) is 4. The Morgan fingerprint density at radius 1 is 1.12 bits per heavy atom. The Kier molecular flexibility index (Phi) is 3.02. The molecule has 126 valence electrons. The van der Waals surface area contributed by atoms with E-state index in [9.17, 15) is 9.59 Å². The first-order valence-electron chi connectivity index (χ1n) is 8.77. The molecule has 0 spiro atoms. The molecule has 1 aromatic carbocycles. The van der Waals surface area contributed by atoms with Crippen molar-refractivity contribution in [3.8, 4) is 0 Å². The van der Waals surface area contributed by atoms with Crippen LogP contribution in [-0.2, 0) is 9.59 Å². The number of nitrogens with zero attached hydrogens (tertiary/aromatic N) is 2. The highest BCUT2D eigenvalue weighted by atomic mass is 16.2. The predicted octanol–water partition coefficient (Wildman–Crippen LogP) is 2.72. The number of anilines is 1. The van der Waals surface area contributed by atoms with Crippen LogP contribution in [0.4, 0.5) is 5.69 Å². The fraction of sp³-hybridized carbons (Fsp3) is 0.350. The number of aryl methyl sites for hydroxylation is 1. The van der Waals surface area contributed by atoms with Gasteiger partial charge in [-0.2, -0.15) is 0 Å². The number of rotatable bonds is 3. The Bertz CT molecular complexity index is 906. The van der Waals surface area contributed by atoms with E-state index in [1.165, 1.54) is 4.90 Å². The number of hydrogen-bond donors (Lipinski definition) is 1. The lowest BCUT2D eigenvalue weighted by molar-refractivity contribution is -0.140. The molecule has 2 fully saturated rings. The minimum Gasteiger partial charge on any atom is -0.365 e. The lowest BCUT2D eigenvalue weighted by Crippen LogP contribution is -2.37. The Hall–Kier alpha value is -2.69. The van der Waals surface area contributed by atoms with Crippen LogP contribution in [0.2, 0.25) is 0 Å². The normalized spacial score (nSPS) is 29.7. The van der Waals surface area contributed by atoms with Crippen molar-refractivity contribution in [2.75, 3.05) is 12.0 Å². The second kappa shape index (κ2) is 5.15. The van der Waals surface area contributed by atoms with Crippen LogP contribution in [-0.4, -0.2) is 28.4 Å². The van der Waals surface area contributed by atoms with Crippen molar-refractivity contribution in [1.82, 2.24) is 9.88 Å². The Balaban J connectivity index is 1.40. The monoisotopic (exact) mass is 333 g/mol. The maximum Gasteiger partial charge on any atom is 0.235 e. The van der Waals surface area contributed by atoms with Crippen LogP contribution in [0.25, 0.3) is 10.9 Å². The van der Waals surface area contributed by atoms with E-state index in [-0.39, 0.29) is 42.2 Å². The molecule has 4 unspecified atom stereocenters. The molecule has 2 aromatic rings. The van der Waals surface area contributed by atoms with Gasteiger partial charge < -0.3 is 5.32 Å². The summed E-state index contributed by atoms with van der Waals surface area (Å²) in [5, 5.41) is 4.33. The average molecular weight is 333 g/mol. The van der Waals surface area contributed by atoms with Crippen LogP contribution >= 0.6 is 0 Å². The first kappa shape index (κ1) is 14.6. The predicted molar refractivity (Wildman–Crippen MR) is 94.5 cm³/mol. The molecule has 3 aliphatic rings. The van der Waals surface area contributed by atoms with Gasteiger partial charge in [0.05, 0.1) is 29.7 Å². The minimum absolute atomic E-state index is 0.0243. The van der Waals surface area contributed by atoms with Gasteiger partial charge in [-0.25, -0.2) is 0 Å². The molecular formula is C20H19N3O2. The number of aromatic nitrogens is 1. The molecule has 5 rings (SSSR count). The molecule has 1 N–H and O–H groups in total. The van der Waals surface area contributed by atoms with E-state index in [4.69, 9.17) is 0 Å². The smallest absolute Gasteiger partial charge is 0.235 e. The van der Waals surface area contributed by atoms with Gasteiger partial charge in [0.2, 0.25) is 11.8 Å². The average Bonchev–Trinajstić information content (AvgIpc) is 3.29. The van der Waals surface area contributed by atoms with Crippen molar-refractivity contribution in [3.05, 3.63) is 48.2 Å². The molecule has 25 heavy (non-hydrogen) atoms. The van der Waals surface area contributed by atoms with E-state index in [1.54, 1.807) is 6.20 Å². The molecule has 1 aliphatic heterocycles. The Morgan fingerprint density at radius 3 is 2.56 bits per heavy atom. The van der Waals surface area contributed by atoms with Crippen molar-refractivity contribution >= 4 is 28.4 Å². The third kappa shape index (κ3) is 1.98. The topological polar surface area (TPSA) is 62.3 Å². The highest BCUT2D eigenvalue weighted by molar-refractivity contribution is 6.06. The van der Waals surface area contributed by atoms with E-state index in [2.05, 4.69) is 22.5 Å². The molecule has 5 nitrogen and oxygen atoms in total. The Labute approximate surface area is 145 Å². The summed E-state index contributed by atoms with van der Waals surface area (Å²) in [5.74, 6) is 0.165. The van der Waals surface area contributed by atoms with Crippen molar-refractivity contribution < 1.29 is 9.59 Å². The van der Waals surface area contributed by atoms with E-state index >= 15 is 0 Å². The van der Waals surface area contributed by atoms with Crippen LogP contribution < -0.4 is 5.32 Å². The number of para-hydroxylation sites is 1. The molecule has 1 aromatic heterocycles. The van der Waals surface area contributed by atoms with Crippen LogP contribution in [0.15, 0.2) is 42.6 Å². The summed E-state index contributed by atoms with van der Waals surface area (Å²) >= 11 is 0. The lowest BCUT2D eigenvalue weighted by atomic mass is 9.85. The molecular weight excluding hydrogens is 314 g/mol. The number of carbonyl (C=O) groups is 2. The maximum atomic E-state index is 12.7. The molecule has 2 heterocycles. The van der Waals surface area contributed by atoms with Crippen LogP contribution in [0.5, 0.6) is 0 Å². The van der Waals surface area contributed by atoms with E-state index in [0.29, 0.717) is 0 Å². The van der Waals surface area contributed by atoms with Gasteiger partial charge in [0.1, 0.15) is 0 Å². The van der Waals surface area contributed by atoms with Crippen LogP contribution in [0, 0.1) is 30.6 Å². The van der Waals surface area contributed by atoms with Gasteiger partial charge in [0.25, 0.3) is 0 Å². The molecule has 0 radical (unpaired) electrons. The van der Waals surface area contributed by atoms with Crippen molar-refractivity contribution in [3.63, 3.8) is 0 Å². The van der Waals surface area contributed by atoms with E-state index in [1.807, 2.05) is 31.2 Å². The molecule has 2 amide bonds. The summed E-state index contributed by atoms with van der Waals surface area (Å²) in [6, 6.07) is 7.91. The number of likely N-dealkylation sites (tertiary alicyclic amines) is 1. The van der Waals surface area contributed by atoms with Crippen molar-refractivity contribution in [2.24, 2.45) is 23.7 Å². The SMILES string of the molecule is Cc1ccnc2c(NCN3C(=O)C4C5C=CC(C5)C4C3=O)cccc12. The number of allylic oxidation sites excluding steroid dienone is 2. The minimum atomic E-state index is -0.141. The van der Waals surface area contributed by atoms with Crippen molar-refractivity contribution in [2.45, 2.75) is 13.3 Å². The van der Waals surface area contributed by atoms with Gasteiger partial charge in [0.15, 0.2) is 0 Å². The van der Waals surface area contributed by atoms with Gasteiger partial charge in [-0.15, -0.1) is 0 Å². The van der Waals surface area contributed by atoms with Crippen LogP contribution in [0.1, 0.15) is 12.0 Å². The van der Waals surface area contributed by atoms with Crippen molar-refractivity contribution in [1.29, 1.82) is 0 Å². The molecule has 2 aliphatic carbocycles. The lowest BCUT2D eigenvalue weighted by Gasteiger charge is -2.19. The summed E-state index contributed by atoms with van der Waals surface area (Å²) in [6.07, 6.45) is 6.97. The van der Waals surface area contributed by atoms with Gasteiger partial charge in [0, 0.05) is 11.6 Å². The second-order valence-electron chi connectivity index (χ2n) is 7.27. The number of imide groups is 1. The van der Waals surface area contributed by atoms with E-state index < -0.39 is 0 Å². The molecule has 2 bridgehead atoms. The molecule has 1 saturated carbocycles. The fourth-order valence-corrected chi connectivity index (χ4v) is 4.74. The third-order valence-electron chi connectivity index (χ3n) is 5.98. The summed E-state index contributed by atoms with van der Waals surface area (Å²) in [7, 11) is 0. The number of pyridine rings is 1. The zero-order chi connectivity index (χ0) is 17.1. The Morgan fingerprint density at radius 2 is 1.84 bits per heavy atom. The summed E-state index contributed by atoms with van der Waals surface area (Å²) in [5.41, 5.74) is 2.86. The molecule has 4 atom stereocenters. The number of amides is 2. The number of fused-ring (bicyclic) bond motifs is 6. The number of carbonyl (C=O) groups excluding carboxylic acids is 2. The first-order valence-corrected chi connectivity index (χ1v) is 8.77. The largest absolute Gasteiger partial charge is 0.365 e. The zero-order valence-corrected chi connectivity index (χ0v) is 14.0. The second-order valence-corrected chi connectivity index (χ2v) is 7.27.